The molecule has 5 heteroatoms. The lowest BCUT2D eigenvalue weighted by Gasteiger charge is -2.10. The Morgan fingerprint density at radius 1 is 1.62 bits per heavy atom. The summed E-state index contributed by atoms with van der Waals surface area (Å²) >= 11 is 5.78. The maximum absolute atomic E-state index is 8.65. The molecule has 13 heavy (non-hydrogen) atoms. The van der Waals surface area contributed by atoms with Crippen LogP contribution in [0, 0.1) is 0 Å². The molecule has 0 bridgehead atoms. The van der Waals surface area contributed by atoms with Crippen molar-refractivity contribution in [1.29, 1.82) is 0 Å². The molecule has 0 amide bonds. The lowest BCUT2D eigenvalue weighted by molar-refractivity contribution is 0.276. The normalized spacial score (nSPS) is 11.9. The summed E-state index contributed by atoms with van der Waals surface area (Å²) in [5, 5.41) is 9.06. The number of pyridine rings is 1. The van der Waals surface area contributed by atoms with E-state index in [9.17, 15) is 0 Å². The number of aliphatic hydroxyl groups excluding tert-OH is 1. The van der Waals surface area contributed by atoms with Crippen molar-refractivity contribution in [2.75, 3.05) is 6.61 Å². The average molecular weight is 223 g/mol. The molecular formula is C8H12Cl2N2O. The number of aliphatic hydroxyl groups is 1. The van der Waals surface area contributed by atoms with E-state index in [1.807, 2.05) is 6.07 Å². The zero-order valence-corrected chi connectivity index (χ0v) is 8.55. The van der Waals surface area contributed by atoms with Crippen LogP contribution >= 0.6 is 24.0 Å². The van der Waals surface area contributed by atoms with E-state index in [4.69, 9.17) is 22.4 Å². The van der Waals surface area contributed by atoms with Crippen LogP contribution in [0.15, 0.2) is 18.3 Å². The Balaban J connectivity index is 0.00000144. The van der Waals surface area contributed by atoms with E-state index >= 15 is 0 Å². The van der Waals surface area contributed by atoms with E-state index in [0.717, 1.165) is 5.56 Å². The summed E-state index contributed by atoms with van der Waals surface area (Å²) in [4.78, 5) is 3.89. The lowest BCUT2D eigenvalue weighted by Crippen LogP contribution is -2.12. The van der Waals surface area contributed by atoms with Gasteiger partial charge < -0.3 is 10.8 Å². The van der Waals surface area contributed by atoms with E-state index in [-0.39, 0.29) is 25.1 Å². The topological polar surface area (TPSA) is 59.1 Å². The Labute approximate surface area is 88.3 Å². The predicted molar refractivity (Wildman–Crippen MR) is 55.1 cm³/mol. The van der Waals surface area contributed by atoms with Crippen LogP contribution in [0.1, 0.15) is 18.0 Å². The van der Waals surface area contributed by atoms with E-state index in [2.05, 4.69) is 4.98 Å². The molecule has 0 aliphatic carbocycles. The molecule has 0 aliphatic rings. The van der Waals surface area contributed by atoms with Gasteiger partial charge in [-0.2, -0.15) is 0 Å². The summed E-state index contributed by atoms with van der Waals surface area (Å²) in [6.45, 7) is 0.0619. The first kappa shape index (κ1) is 12.7. The van der Waals surface area contributed by atoms with Gasteiger partial charge in [0.05, 0.1) is 0 Å². The smallest absolute Gasteiger partial charge is 0.133 e. The van der Waals surface area contributed by atoms with Gasteiger partial charge in [0.25, 0.3) is 0 Å². The number of hydrogen-bond donors (Lipinski definition) is 2. The summed E-state index contributed by atoms with van der Waals surface area (Å²) < 4.78 is 0. The van der Waals surface area contributed by atoms with Gasteiger partial charge in [0.15, 0.2) is 0 Å². The fourth-order valence-electron chi connectivity index (χ4n) is 0.970. The van der Waals surface area contributed by atoms with Crippen LogP contribution in [0.5, 0.6) is 0 Å². The van der Waals surface area contributed by atoms with Gasteiger partial charge in [-0.15, -0.1) is 12.4 Å². The van der Waals surface area contributed by atoms with Crippen molar-refractivity contribution < 1.29 is 5.11 Å². The molecule has 1 rings (SSSR count). The van der Waals surface area contributed by atoms with Crippen molar-refractivity contribution in [3.05, 3.63) is 29.0 Å². The minimum atomic E-state index is -0.226. The van der Waals surface area contributed by atoms with Crippen LogP contribution in [0.2, 0.25) is 5.15 Å². The third-order valence-corrected chi connectivity index (χ3v) is 1.94. The fraction of sp³-hybridized carbons (Fsp3) is 0.375. The van der Waals surface area contributed by atoms with Crippen molar-refractivity contribution in [3.63, 3.8) is 0 Å². The fourth-order valence-corrected chi connectivity index (χ4v) is 1.23. The van der Waals surface area contributed by atoms with Crippen molar-refractivity contribution in [2.45, 2.75) is 12.5 Å². The highest BCUT2D eigenvalue weighted by Gasteiger charge is 2.08. The van der Waals surface area contributed by atoms with Crippen LogP contribution in [0.3, 0.4) is 0 Å². The number of hydrogen-bond acceptors (Lipinski definition) is 3. The van der Waals surface area contributed by atoms with E-state index in [0.29, 0.717) is 11.6 Å². The largest absolute Gasteiger partial charge is 0.396 e. The van der Waals surface area contributed by atoms with Gasteiger partial charge in [0.1, 0.15) is 5.15 Å². The lowest BCUT2D eigenvalue weighted by atomic mass is 10.1. The molecule has 0 unspecified atom stereocenters. The quantitative estimate of drug-likeness (QED) is 0.764. The molecule has 74 valence electrons. The summed E-state index contributed by atoms with van der Waals surface area (Å²) in [5.41, 5.74) is 6.51. The van der Waals surface area contributed by atoms with Gasteiger partial charge in [-0.25, -0.2) is 4.98 Å². The molecule has 0 radical (unpaired) electrons. The summed E-state index contributed by atoms with van der Waals surface area (Å²) in [6, 6.07) is 3.37. The molecule has 1 aromatic rings. The molecular weight excluding hydrogens is 211 g/mol. The minimum absolute atomic E-state index is 0. The number of nitrogens with zero attached hydrogens (tertiary/aromatic N) is 1. The van der Waals surface area contributed by atoms with Gasteiger partial charge in [-0.3, -0.25) is 0 Å². The Kier molecular flexibility index (Phi) is 5.99. The monoisotopic (exact) mass is 222 g/mol. The second-order valence-electron chi connectivity index (χ2n) is 2.50. The molecule has 0 spiro atoms. The summed E-state index contributed by atoms with van der Waals surface area (Å²) in [6.07, 6.45) is 2.11. The molecule has 0 fully saturated rings. The van der Waals surface area contributed by atoms with Crippen LogP contribution in [0.25, 0.3) is 0 Å². The van der Waals surface area contributed by atoms with E-state index in [1.54, 1.807) is 12.3 Å². The van der Waals surface area contributed by atoms with Crippen molar-refractivity contribution >= 4 is 24.0 Å². The first-order valence-electron chi connectivity index (χ1n) is 3.72. The number of aromatic nitrogens is 1. The number of rotatable bonds is 3. The zero-order valence-electron chi connectivity index (χ0n) is 6.98. The standard InChI is InChI=1S/C8H11ClN2O.ClH/c9-8-6(2-1-4-11-8)7(10)3-5-12;/h1-2,4,7,12H,3,5,10H2;1H/t7-;/m0./s1. The van der Waals surface area contributed by atoms with Gasteiger partial charge in [0.2, 0.25) is 0 Å². The molecule has 3 N–H and O–H groups in total. The zero-order chi connectivity index (χ0) is 8.97. The third-order valence-electron chi connectivity index (χ3n) is 1.63. The second kappa shape index (κ2) is 6.16. The minimum Gasteiger partial charge on any atom is -0.396 e. The predicted octanol–water partition coefficient (Wildman–Crippen LogP) is 1.54. The maximum atomic E-state index is 8.65. The first-order valence-corrected chi connectivity index (χ1v) is 4.10. The average Bonchev–Trinajstić information content (AvgIpc) is 2.05. The second-order valence-corrected chi connectivity index (χ2v) is 2.86. The van der Waals surface area contributed by atoms with E-state index < -0.39 is 0 Å². The highest BCUT2D eigenvalue weighted by molar-refractivity contribution is 6.30. The maximum Gasteiger partial charge on any atom is 0.133 e. The third kappa shape index (κ3) is 3.48. The van der Waals surface area contributed by atoms with Crippen LogP contribution < -0.4 is 5.73 Å². The van der Waals surface area contributed by atoms with Crippen LogP contribution in [0.4, 0.5) is 0 Å². The Hall–Kier alpha value is -0.350. The Bertz CT molecular complexity index is 258. The Morgan fingerprint density at radius 2 is 2.31 bits per heavy atom. The van der Waals surface area contributed by atoms with Crippen LogP contribution in [-0.2, 0) is 0 Å². The molecule has 0 saturated heterocycles. The highest BCUT2D eigenvalue weighted by Crippen LogP contribution is 2.20. The van der Waals surface area contributed by atoms with Gasteiger partial charge >= 0.3 is 0 Å². The number of halogens is 2. The van der Waals surface area contributed by atoms with Gasteiger partial charge in [-0.1, -0.05) is 17.7 Å². The first-order chi connectivity index (χ1) is 5.75. The summed E-state index contributed by atoms with van der Waals surface area (Å²) in [7, 11) is 0. The molecule has 0 aromatic carbocycles. The molecule has 1 aromatic heterocycles. The Morgan fingerprint density at radius 3 is 2.85 bits per heavy atom. The molecule has 0 aliphatic heterocycles. The molecule has 0 saturated carbocycles. The van der Waals surface area contributed by atoms with Crippen LogP contribution in [-0.4, -0.2) is 16.7 Å². The SMILES string of the molecule is Cl.N[C@@H](CCO)c1cccnc1Cl. The van der Waals surface area contributed by atoms with Crippen molar-refractivity contribution in [1.82, 2.24) is 4.98 Å². The molecule has 3 nitrogen and oxygen atoms in total. The summed E-state index contributed by atoms with van der Waals surface area (Å²) in [5.74, 6) is 0. The van der Waals surface area contributed by atoms with Gasteiger partial charge in [-0.05, 0) is 12.5 Å². The molecule has 1 atom stereocenters. The van der Waals surface area contributed by atoms with Gasteiger partial charge in [0, 0.05) is 24.4 Å². The molecule has 1 heterocycles. The number of nitrogens with two attached hydrogens (primary N) is 1. The van der Waals surface area contributed by atoms with Crippen molar-refractivity contribution in [2.24, 2.45) is 5.73 Å². The van der Waals surface area contributed by atoms with E-state index in [1.165, 1.54) is 0 Å². The van der Waals surface area contributed by atoms with Crippen molar-refractivity contribution in [3.8, 4) is 0 Å². The highest BCUT2D eigenvalue weighted by atomic mass is 35.5.